The van der Waals surface area contributed by atoms with Crippen molar-refractivity contribution >= 4 is 27.3 Å². The normalized spacial score (nSPS) is 16.0. The maximum absolute atomic E-state index is 13.2. The van der Waals surface area contributed by atoms with Crippen LogP contribution in [0.1, 0.15) is 0 Å². The third kappa shape index (κ3) is 1.91. The zero-order chi connectivity index (χ0) is 13.6. The van der Waals surface area contributed by atoms with Gasteiger partial charge in [-0.3, -0.25) is 4.72 Å². The maximum Gasteiger partial charge on any atom is 0.328 e. The summed E-state index contributed by atoms with van der Waals surface area (Å²) in [7, 11) is -3.88. The van der Waals surface area contributed by atoms with E-state index in [2.05, 4.69) is 4.72 Å². The summed E-state index contributed by atoms with van der Waals surface area (Å²) in [5.74, 6) is -1.68. The molecule has 1 N–H and O–H groups in total. The average molecular weight is 282 g/mol. The van der Waals surface area contributed by atoms with Crippen LogP contribution in [0.2, 0.25) is 0 Å². The highest BCUT2D eigenvalue weighted by Gasteiger charge is 2.34. The predicted molar refractivity (Wildman–Crippen MR) is 67.5 cm³/mol. The third-order valence-corrected chi connectivity index (χ3v) is 4.05. The van der Waals surface area contributed by atoms with Gasteiger partial charge in [-0.1, -0.05) is 12.1 Å². The van der Waals surface area contributed by atoms with Gasteiger partial charge in [-0.25, -0.2) is 13.1 Å². The van der Waals surface area contributed by atoms with E-state index in [1.165, 1.54) is 0 Å². The first-order chi connectivity index (χ1) is 8.97. The zero-order valence-electron chi connectivity index (χ0n) is 9.47. The van der Waals surface area contributed by atoms with E-state index in [0.717, 1.165) is 16.4 Å². The minimum Gasteiger partial charge on any atom is -0.264 e. The molecule has 2 aromatic rings. The topological polar surface area (TPSA) is 49.4 Å². The van der Waals surface area contributed by atoms with Gasteiger partial charge in [-0.2, -0.15) is 8.42 Å². The molecule has 0 saturated carbocycles. The highest BCUT2D eigenvalue weighted by atomic mass is 32.2. The van der Waals surface area contributed by atoms with E-state index in [9.17, 15) is 17.2 Å². The van der Waals surface area contributed by atoms with Crippen LogP contribution in [0.5, 0.6) is 0 Å². The third-order valence-electron chi connectivity index (χ3n) is 2.68. The lowest BCUT2D eigenvalue weighted by Gasteiger charge is -2.16. The molecule has 2 aromatic carbocycles. The van der Waals surface area contributed by atoms with Gasteiger partial charge in [-0.05, 0) is 24.3 Å². The van der Waals surface area contributed by atoms with Crippen molar-refractivity contribution < 1.29 is 17.2 Å². The van der Waals surface area contributed by atoms with E-state index < -0.39 is 21.8 Å². The van der Waals surface area contributed by atoms with Crippen molar-refractivity contribution in [3.8, 4) is 0 Å². The lowest BCUT2D eigenvalue weighted by Crippen LogP contribution is -2.25. The van der Waals surface area contributed by atoms with Crippen LogP contribution >= 0.6 is 0 Å². The second-order valence-corrected chi connectivity index (χ2v) is 5.54. The second-order valence-electron chi connectivity index (χ2n) is 4.02. The SMILES string of the molecule is O=S1(=O)Nc2ccccc2N1c1cc(F)cc(F)c1. The Balaban J connectivity index is 2.23. The molecule has 1 aliphatic heterocycles. The molecule has 0 radical (unpaired) electrons. The Morgan fingerprint density at radius 2 is 1.63 bits per heavy atom. The lowest BCUT2D eigenvalue weighted by molar-refractivity contribution is 0.583. The van der Waals surface area contributed by atoms with Crippen LogP contribution in [0.15, 0.2) is 42.5 Å². The van der Waals surface area contributed by atoms with Gasteiger partial charge in [0.05, 0.1) is 17.1 Å². The van der Waals surface area contributed by atoms with Gasteiger partial charge in [0.2, 0.25) is 0 Å². The number of nitrogens with zero attached hydrogens (tertiary/aromatic N) is 1. The molecule has 4 nitrogen and oxygen atoms in total. The summed E-state index contributed by atoms with van der Waals surface area (Å²) in [5, 5.41) is 0. The molecule has 0 bridgehead atoms. The minimum atomic E-state index is -3.88. The first-order valence-electron chi connectivity index (χ1n) is 5.35. The maximum atomic E-state index is 13.2. The van der Waals surface area contributed by atoms with Crippen molar-refractivity contribution in [2.75, 3.05) is 9.03 Å². The lowest BCUT2D eigenvalue weighted by atomic mass is 10.2. The molecule has 1 aliphatic rings. The van der Waals surface area contributed by atoms with Crippen LogP contribution in [-0.4, -0.2) is 8.42 Å². The number of hydrogen-bond acceptors (Lipinski definition) is 2. The Hall–Kier alpha value is -2.15. The Kier molecular flexibility index (Phi) is 2.46. The van der Waals surface area contributed by atoms with Crippen LogP contribution in [0.3, 0.4) is 0 Å². The Bertz CT molecular complexity index is 742. The van der Waals surface area contributed by atoms with E-state index in [1.807, 2.05) is 0 Å². The van der Waals surface area contributed by atoms with E-state index in [4.69, 9.17) is 0 Å². The van der Waals surface area contributed by atoms with Crippen molar-refractivity contribution in [1.29, 1.82) is 0 Å². The zero-order valence-corrected chi connectivity index (χ0v) is 10.3. The van der Waals surface area contributed by atoms with Crippen LogP contribution in [-0.2, 0) is 10.2 Å². The highest BCUT2D eigenvalue weighted by molar-refractivity contribution is 7.95. The molecule has 7 heteroatoms. The summed E-state index contributed by atoms with van der Waals surface area (Å²) in [4.78, 5) is 0. The van der Waals surface area contributed by atoms with E-state index >= 15 is 0 Å². The second kappa shape index (κ2) is 3.92. The fourth-order valence-corrected chi connectivity index (χ4v) is 3.33. The molecule has 19 heavy (non-hydrogen) atoms. The monoisotopic (exact) mass is 282 g/mol. The predicted octanol–water partition coefficient (Wildman–Crippen LogP) is 2.77. The fourth-order valence-electron chi connectivity index (χ4n) is 1.99. The highest BCUT2D eigenvalue weighted by Crippen LogP contribution is 2.40. The molecule has 98 valence electrons. The quantitative estimate of drug-likeness (QED) is 0.874. The van der Waals surface area contributed by atoms with Crippen molar-refractivity contribution in [2.45, 2.75) is 0 Å². The van der Waals surface area contributed by atoms with E-state index in [1.54, 1.807) is 24.3 Å². The van der Waals surface area contributed by atoms with Gasteiger partial charge in [0.15, 0.2) is 0 Å². The molecule has 0 saturated heterocycles. The van der Waals surface area contributed by atoms with Gasteiger partial charge in [0.25, 0.3) is 0 Å². The molecule has 0 atom stereocenters. The molecule has 1 heterocycles. The van der Waals surface area contributed by atoms with E-state index in [-0.39, 0.29) is 5.69 Å². The molecule has 3 rings (SSSR count). The summed E-state index contributed by atoms with van der Waals surface area (Å²) in [5.41, 5.74) is 0.606. The van der Waals surface area contributed by atoms with Crippen LogP contribution in [0.4, 0.5) is 25.8 Å². The largest absolute Gasteiger partial charge is 0.328 e. The Morgan fingerprint density at radius 3 is 2.32 bits per heavy atom. The smallest absolute Gasteiger partial charge is 0.264 e. The molecule has 0 unspecified atom stereocenters. The molecular weight excluding hydrogens is 274 g/mol. The van der Waals surface area contributed by atoms with Crippen molar-refractivity contribution in [3.05, 3.63) is 54.1 Å². The summed E-state index contributed by atoms with van der Waals surface area (Å²) < 4.78 is 53.7. The van der Waals surface area contributed by atoms with Crippen molar-refractivity contribution in [1.82, 2.24) is 0 Å². The summed E-state index contributed by atoms with van der Waals surface area (Å²) in [6, 6.07) is 9.04. The minimum absolute atomic E-state index is 0.0880. The number of halogens is 2. The van der Waals surface area contributed by atoms with Gasteiger partial charge in [0.1, 0.15) is 11.6 Å². The first-order valence-corrected chi connectivity index (χ1v) is 6.79. The van der Waals surface area contributed by atoms with Crippen LogP contribution in [0.25, 0.3) is 0 Å². The van der Waals surface area contributed by atoms with Gasteiger partial charge in [-0.15, -0.1) is 0 Å². The van der Waals surface area contributed by atoms with Gasteiger partial charge < -0.3 is 0 Å². The number of rotatable bonds is 1. The number of fused-ring (bicyclic) bond motifs is 1. The average Bonchev–Trinajstić information content (AvgIpc) is 2.57. The molecule has 0 aromatic heterocycles. The Labute approximate surface area is 108 Å². The van der Waals surface area contributed by atoms with Crippen molar-refractivity contribution in [3.63, 3.8) is 0 Å². The number of nitrogens with one attached hydrogen (secondary N) is 1. The molecular formula is C12H8F2N2O2S. The van der Waals surface area contributed by atoms with Crippen LogP contribution < -0.4 is 9.03 Å². The number of para-hydroxylation sites is 2. The molecule has 0 aliphatic carbocycles. The van der Waals surface area contributed by atoms with Crippen LogP contribution in [0, 0.1) is 11.6 Å². The number of benzene rings is 2. The van der Waals surface area contributed by atoms with E-state index in [0.29, 0.717) is 17.4 Å². The number of anilines is 3. The fraction of sp³-hybridized carbons (Fsp3) is 0. The summed E-state index contributed by atoms with van der Waals surface area (Å²) >= 11 is 0. The first kappa shape index (κ1) is 11.9. The van der Waals surface area contributed by atoms with Gasteiger partial charge in [0, 0.05) is 6.07 Å². The standard InChI is InChI=1S/C12H8F2N2O2S/c13-8-5-9(14)7-10(6-8)16-12-4-2-1-3-11(12)15-19(16,17)18/h1-7,15H. The summed E-state index contributed by atoms with van der Waals surface area (Å²) in [6.07, 6.45) is 0. The van der Waals surface area contributed by atoms with Crippen molar-refractivity contribution in [2.24, 2.45) is 0 Å². The molecule has 0 amide bonds. The number of hydrogen-bond donors (Lipinski definition) is 1. The Morgan fingerprint density at radius 1 is 1.00 bits per heavy atom. The summed E-state index contributed by atoms with van der Waals surface area (Å²) in [6.45, 7) is 0. The molecule has 0 fully saturated rings. The van der Waals surface area contributed by atoms with Gasteiger partial charge >= 0.3 is 10.2 Å². The molecule has 0 spiro atoms.